The highest BCUT2D eigenvalue weighted by atomic mass is 32.2. The molecule has 0 aromatic carbocycles. The average molecular weight is 368 g/mol. The van der Waals surface area contributed by atoms with E-state index in [9.17, 15) is 4.79 Å². The monoisotopic (exact) mass is 367 g/mol. The van der Waals surface area contributed by atoms with Gasteiger partial charge < -0.3 is 14.6 Å². The smallest absolute Gasteiger partial charge is 0.230 e. The number of carbonyl (C=O) groups is 1. The number of aromatic nitrogens is 3. The van der Waals surface area contributed by atoms with E-state index in [1.165, 1.54) is 31.0 Å². The summed E-state index contributed by atoms with van der Waals surface area (Å²) in [7, 11) is 1.97. The molecule has 1 N–H and O–H groups in total. The van der Waals surface area contributed by atoms with E-state index < -0.39 is 0 Å². The summed E-state index contributed by atoms with van der Waals surface area (Å²) in [5, 5.41) is 12.5. The molecule has 25 heavy (non-hydrogen) atoms. The molecular weight excluding hydrogens is 338 g/mol. The van der Waals surface area contributed by atoms with Gasteiger partial charge in [-0.1, -0.05) is 31.5 Å². The van der Waals surface area contributed by atoms with E-state index in [4.69, 9.17) is 4.74 Å². The molecule has 1 aliphatic carbocycles. The highest BCUT2D eigenvalue weighted by Crippen LogP contribution is 2.24. The first-order chi connectivity index (χ1) is 12.1. The molecule has 1 aromatic rings. The Morgan fingerprint density at radius 3 is 2.80 bits per heavy atom. The summed E-state index contributed by atoms with van der Waals surface area (Å²) in [6, 6.07) is 0.332. The molecule has 2 fully saturated rings. The zero-order chi connectivity index (χ0) is 17.6. The van der Waals surface area contributed by atoms with Gasteiger partial charge in [0.15, 0.2) is 5.16 Å². The van der Waals surface area contributed by atoms with Gasteiger partial charge in [-0.05, 0) is 18.8 Å². The van der Waals surface area contributed by atoms with Crippen molar-refractivity contribution < 1.29 is 9.53 Å². The van der Waals surface area contributed by atoms with Gasteiger partial charge in [0, 0.05) is 26.2 Å². The summed E-state index contributed by atoms with van der Waals surface area (Å²) in [5.74, 6) is 2.01. The lowest BCUT2D eigenvalue weighted by Crippen LogP contribution is -2.41. The zero-order valence-corrected chi connectivity index (χ0v) is 16.1. The summed E-state index contributed by atoms with van der Waals surface area (Å²) in [4.78, 5) is 14.6. The van der Waals surface area contributed by atoms with Crippen molar-refractivity contribution in [2.45, 2.75) is 50.4 Å². The summed E-state index contributed by atoms with van der Waals surface area (Å²) in [5.41, 5.74) is 0. The third kappa shape index (κ3) is 5.18. The normalized spacial score (nSPS) is 25.0. The van der Waals surface area contributed by atoms with Crippen LogP contribution in [-0.4, -0.2) is 63.7 Å². The summed E-state index contributed by atoms with van der Waals surface area (Å²) in [6.45, 7) is 6.42. The van der Waals surface area contributed by atoms with Crippen LogP contribution in [0.2, 0.25) is 0 Å². The molecule has 0 radical (unpaired) electrons. The fourth-order valence-electron chi connectivity index (χ4n) is 3.48. The van der Waals surface area contributed by atoms with Crippen LogP contribution in [0.5, 0.6) is 0 Å². The number of morpholine rings is 1. The van der Waals surface area contributed by atoms with Gasteiger partial charge in [-0.3, -0.25) is 9.69 Å². The predicted octanol–water partition coefficient (Wildman–Crippen LogP) is 1.43. The standard InChI is InChI=1S/C17H29N5O2S/c1-13-5-3-4-6-14(13)18-16(23)12-25-17-20-19-15(21(17)2)11-22-7-9-24-10-8-22/h13-14H,3-12H2,1-2H3,(H,18,23)/t13-,14-/m1/s1. The summed E-state index contributed by atoms with van der Waals surface area (Å²) < 4.78 is 7.37. The number of hydrogen-bond acceptors (Lipinski definition) is 6. The van der Waals surface area contributed by atoms with Gasteiger partial charge in [0.05, 0.1) is 25.5 Å². The Labute approximate surface area is 153 Å². The molecule has 3 rings (SSSR count). The van der Waals surface area contributed by atoms with E-state index in [1.807, 2.05) is 11.6 Å². The molecule has 8 heteroatoms. The average Bonchev–Trinajstić information content (AvgIpc) is 2.96. The zero-order valence-electron chi connectivity index (χ0n) is 15.2. The fraction of sp³-hybridized carbons (Fsp3) is 0.824. The maximum atomic E-state index is 12.3. The molecule has 2 heterocycles. The van der Waals surface area contributed by atoms with Crippen LogP contribution in [0.15, 0.2) is 5.16 Å². The fourth-order valence-corrected chi connectivity index (χ4v) is 4.22. The molecule has 1 amide bonds. The number of thioether (sulfide) groups is 1. The molecule has 7 nitrogen and oxygen atoms in total. The second kappa shape index (κ2) is 9.00. The van der Waals surface area contributed by atoms with Crippen molar-refractivity contribution >= 4 is 17.7 Å². The highest BCUT2D eigenvalue weighted by Gasteiger charge is 2.23. The summed E-state index contributed by atoms with van der Waals surface area (Å²) >= 11 is 1.46. The quantitative estimate of drug-likeness (QED) is 0.767. The first-order valence-corrected chi connectivity index (χ1v) is 10.2. The Balaban J connectivity index is 1.47. The van der Waals surface area contributed by atoms with Crippen LogP contribution in [0.1, 0.15) is 38.4 Å². The topological polar surface area (TPSA) is 72.3 Å². The van der Waals surface area contributed by atoms with Gasteiger partial charge in [0.25, 0.3) is 0 Å². The highest BCUT2D eigenvalue weighted by molar-refractivity contribution is 7.99. The van der Waals surface area contributed by atoms with E-state index in [-0.39, 0.29) is 5.91 Å². The van der Waals surface area contributed by atoms with Crippen LogP contribution in [0, 0.1) is 5.92 Å². The number of rotatable bonds is 6. The molecule has 1 saturated heterocycles. The maximum absolute atomic E-state index is 12.3. The largest absolute Gasteiger partial charge is 0.379 e. The molecule has 0 unspecified atom stereocenters. The number of ether oxygens (including phenoxy) is 1. The van der Waals surface area contributed by atoms with Crippen molar-refractivity contribution in [2.75, 3.05) is 32.1 Å². The van der Waals surface area contributed by atoms with E-state index in [0.717, 1.165) is 50.2 Å². The minimum absolute atomic E-state index is 0.0986. The Kier molecular flexibility index (Phi) is 6.72. The Morgan fingerprint density at radius 1 is 1.28 bits per heavy atom. The van der Waals surface area contributed by atoms with Gasteiger partial charge in [0.1, 0.15) is 5.82 Å². The van der Waals surface area contributed by atoms with Gasteiger partial charge in [-0.15, -0.1) is 10.2 Å². The van der Waals surface area contributed by atoms with Gasteiger partial charge >= 0.3 is 0 Å². The second-order valence-corrected chi connectivity index (χ2v) is 8.01. The lowest BCUT2D eigenvalue weighted by Gasteiger charge is -2.29. The molecule has 1 aromatic heterocycles. The number of carbonyl (C=O) groups excluding carboxylic acids is 1. The van der Waals surface area contributed by atoms with Crippen molar-refractivity contribution in [3.05, 3.63) is 5.82 Å². The first-order valence-electron chi connectivity index (χ1n) is 9.24. The van der Waals surface area contributed by atoms with Crippen LogP contribution >= 0.6 is 11.8 Å². The van der Waals surface area contributed by atoms with Gasteiger partial charge in [-0.25, -0.2) is 0 Å². The van der Waals surface area contributed by atoms with Crippen molar-refractivity contribution in [3.8, 4) is 0 Å². The van der Waals surface area contributed by atoms with E-state index in [2.05, 4.69) is 27.3 Å². The minimum atomic E-state index is 0.0986. The lowest BCUT2D eigenvalue weighted by atomic mass is 9.86. The Hall–Kier alpha value is -1.12. The maximum Gasteiger partial charge on any atom is 0.230 e. The SMILES string of the molecule is C[C@@H]1CCCC[C@H]1NC(=O)CSc1nnc(CN2CCOCC2)n1C. The molecule has 140 valence electrons. The second-order valence-electron chi connectivity index (χ2n) is 7.07. The molecule has 2 aliphatic rings. The van der Waals surface area contributed by atoms with Crippen molar-refractivity contribution in [2.24, 2.45) is 13.0 Å². The molecule has 0 bridgehead atoms. The van der Waals surface area contributed by atoms with Crippen LogP contribution in [0.4, 0.5) is 0 Å². The third-order valence-electron chi connectivity index (χ3n) is 5.18. The van der Waals surface area contributed by atoms with Crippen LogP contribution in [0.3, 0.4) is 0 Å². The predicted molar refractivity (Wildman–Crippen MR) is 97.4 cm³/mol. The summed E-state index contributed by atoms with van der Waals surface area (Å²) in [6.07, 6.45) is 4.82. The number of nitrogens with one attached hydrogen (secondary N) is 1. The van der Waals surface area contributed by atoms with Crippen molar-refractivity contribution in [1.29, 1.82) is 0 Å². The number of hydrogen-bond donors (Lipinski definition) is 1. The Bertz CT molecular complexity index is 573. The first kappa shape index (κ1) is 18.7. The van der Waals surface area contributed by atoms with Crippen molar-refractivity contribution in [3.63, 3.8) is 0 Å². The molecule has 1 saturated carbocycles. The lowest BCUT2D eigenvalue weighted by molar-refractivity contribution is -0.119. The molecule has 2 atom stereocenters. The van der Waals surface area contributed by atoms with Crippen LogP contribution in [-0.2, 0) is 23.1 Å². The van der Waals surface area contributed by atoms with E-state index >= 15 is 0 Å². The molecule has 1 aliphatic heterocycles. The van der Waals surface area contributed by atoms with Gasteiger partial charge in [-0.2, -0.15) is 0 Å². The molecular formula is C17H29N5O2S. The van der Waals surface area contributed by atoms with E-state index in [1.54, 1.807) is 0 Å². The van der Waals surface area contributed by atoms with E-state index in [0.29, 0.717) is 17.7 Å². The Morgan fingerprint density at radius 2 is 2.04 bits per heavy atom. The van der Waals surface area contributed by atoms with Crippen LogP contribution < -0.4 is 5.32 Å². The molecule has 0 spiro atoms. The van der Waals surface area contributed by atoms with Crippen molar-refractivity contribution in [1.82, 2.24) is 25.0 Å². The van der Waals surface area contributed by atoms with Gasteiger partial charge in [0.2, 0.25) is 5.91 Å². The minimum Gasteiger partial charge on any atom is -0.379 e. The number of nitrogens with zero attached hydrogens (tertiary/aromatic N) is 4. The van der Waals surface area contributed by atoms with Crippen LogP contribution in [0.25, 0.3) is 0 Å². The third-order valence-corrected chi connectivity index (χ3v) is 6.20. The number of amides is 1.